The predicted octanol–water partition coefficient (Wildman–Crippen LogP) is 0.331. The second-order valence-electron chi connectivity index (χ2n) is 4.37. The monoisotopic (exact) mass is 250 g/mol. The Kier molecular flexibility index (Phi) is 6.35. The Hall–Kier alpha value is -1.43. The Morgan fingerprint density at radius 2 is 2.00 bits per heavy atom. The maximum absolute atomic E-state index is 11.3. The molecule has 5 heteroatoms. The van der Waals surface area contributed by atoms with Gasteiger partial charge in [0.05, 0.1) is 0 Å². The minimum absolute atomic E-state index is 0.260. The van der Waals surface area contributed by atoms with Crippen LogP contribution in [0.2, 0.25) is 0 Å². The summed E-state index contributed by atoms with van der Waals surface area (Å²) >= 11 is 0. The van der Waals surface area contributed by atoms with E-state index in [0.29, 0.717) is 5.56 Å². The summed E-state index contributed by atoms with van der Waals surface area (Å²) in [6.45, 7) is 2.96. The summed E-state index contributed by atoms with van der Waals surface area (Å²) in [4.78, 5) is 13.5. The van der Waals surface area contributed by atoms with Crippen molar-refractivity contribution in [3.63, 3.8) is 0 Å². The summed E-state index contributed by atoms with van der Waals surface area (Å²) in [5.74, 6) is 4.82. The van der Waals surface area contributed by atoms with Gasteiger partial charge in [-0.25, -0.2) is 5.84 Å². The second-order valence-corrected chi connectivity index (χ2v) is 4.37. The standard InChI is InChI=1S/C13H22N4O/c1-15-8-3-9-17(2)10-11-4-6-12(7-5-11)13(18)16-14/h4-7,15H,3,8-10,14H2,1-2H3,(H,16,18). The topological polar surface area (TPSA) is 70.4 Å². The van der Waals surface area contributed by atoms with Crippen molar-refractivity contribution in [2.24, 2.45) is 5.84 Å². The molecule has 0 aliphatic rings. The van der Waals surface area contributed by atoms with Gasteiger partial charge >= 0.3 is 0 Å². The molecule has 0 atom stereocenters. The van der Waals surface area contributed by atoms with E-state index in [1.165, 1.54) is 5.56 Å². The van der Waals surface area contributed by atoms with E-state index in [0.717, 1.165) is 26.1 Å². The minimum atomic E-state index is -0.260. The number of nitrogens with zero attached hydrogens (tertiary/aromatic N) is 1. The Balaban J connectivity index is 2.45. The molecule has 1 aromatic rings. The van der Waals surface area contributed by atoms with Gasteiger partial charge in [0.25, 0.3) is 5.91 Å². The summed E-state index contributed by atoms with van der Waals surface area (Å²) in [6, 6.07) is 7.50. The average molecular weight is 250 g/mol. The molecule has 18 heavy (non-hydrogen) atoms. The number of amides is 1. The van der Waals surface area contributed by atoms with Crippen LogP contribution < -0.4 is 16.6 Å². The molecule has 0 fully saturated rings. The SMILES string of the molecule is CNCCCN(C)Cc1ccc(C(=O)NN)cc1. The Labute approximate surface area is 108 Å². The molecule has 4 N–H and O–H groups in total. The number of carbonyl (C=O) groups excluding carboxylic acids is 1. The first-order valence-electron chi connectivity index (χ1n) is 6.10. The predicted molar refractivity (Wildman–Crippen MR) is 73.0 cm³/mol. The Morgan fingerprint density at radius 1 is 1.33 bits per heavy atom. The first-order valence-corrected chi connectivity index (χ1v) is 6.10. The van der Waals surface area contributed by atoms with Crippen molar-refractivity contribution in [2.75, 3.05) is 27.2 Å². The molecule has 100 valence electrons. The van der Waals surface area contributed by atoms with Crippen LogP contribution in [0.15, 0.2) is 24.3 Å². The second kappa shape index (κ2) is 7.81. The summed E-state index contributed by atoms with van der Waals surface area (Å²) in [6.07, 6.45) is 1.13. The van der Waals surface area contributed by atoms with E-state index in [9.17, 15) is 4.79 Å². The quantitative estimate of drug-likeness (QED) is 0.282. The number of hydrazine groups is 1. The lowest BCUT2D eigenvalue weighted by Crippen LogP contribution is -2.29. The van der Waals surface area contributed by atoms with Crippen LogP contribution in [-0.4, -0.2) is 38.0 Å². The normalized spacial score (nSPS) is 10.7. The lowest BCUT2D eigenvalue weighted by Gasteiger charge is -2.16. The van der Waals surface area contributed by atoms with Gasteiger partial charge in [-0.15, -0.1) is 0 Å². The van der Waals surface area contributed by atoms with Gasteiger partial charge in [-0.1, -0.05) is 12.1 Å². The smallest absolute Gasteiger partial charge is 0.265 e. The lowest BCUT2D eigenvalue weighted by atomic mass is 10.1. The third-order valence-corrected chi connectivity index (χ3v) is 2.77. The number of rotatable bonds is 7. The highest BCUT2D eigenvalue weighted by atomic mass is 16.2. The van der Waals surface area contributed by atoms with E-state index >= 15 is 0 Å². The van der Waals surface area contributed by atoms with Gasteiger partial charge in [0.15, 0.2) is 0 Å². The van der Waals surface area contributed by atoms with E-state index in [2.05, 4.69) is 22.7 Å². The molecule has 1 rings (SSSR count). The molecule has 0 bridgehead atoms. The number of nitrogens with two attached hydrogens (primary N) is 1. The molecule has 5 nitrogen and oxygen atoms in total. The molecular formula is C13H22N4O. The zero-order valence-electron chi connectivity index (χ0n) is 11.1. The van der Waals surface area contributed by atoms with Crippen LogP contribution in [-0.2, 0) is 6.54 Å². The van der Waals surface area contributed by atoms with Gasteiger partial charge in [0, 0.05) is 12.1 Å². The number of nitrogens with one attached hydrogen (secondary N) is 2. The first-order chi connectivity index (χ1) is 8.67. The van der Waals surface area contributed by atoms with Gasteiger partial charge < -0.3 is 10.2 Å². The largest absolute Gasteiger partial charge is 0.320 e. The summed E-state index contributed by atoms with van der Waals surface area (Å²) in [5, 5.41) is 3.13. The van der Waals surface area contributed by atoms with Crippen molar-refractivity contribution in [3.8, 4) is 0 Å². The number of carbonyl (C=O) groups is 1. The van der Waals surface area contributed by atoms with Gasteiger partial charge in [0.2, 0.25) is 0 Å². The molecule has 0 aliphatic carbocycles. The average Bonchev–Trinajstić information content (AvgIpc) is 2.39. The fraction of sp³-hybridized carbons (Fsp3) is 0.462. The molecule has 0 unspecified atom stereocenters. The molecule has 0 saturated heterocycles. The van der Waals surface area contributed by atoms with Crippen molar-refractivity contribution in [1.29, 1.82) is 0 Å². The number of benzene rings is 1. The highest BCUT2D eigenvalue weighted by Gasteiger charge is 2.04. The third-order valence-electron chi connectivity index (χ3n) is 2.77. The highest BCUT2D eigenvalue weighted by Crippen LogP contribution is 2.06. The lowest BCUT2D eigenvalue weighted by molar-refractivity contribution is 0.0953. The molecule has 1 amide bonds. The minimum Gasteiger partial charge on any atom is -0.320 e. The third kappa shape index (κ3) is 4.83. The van der Waals surface area contributed by atoms with Crippen molar-refractivity contribution < 1.29 is 4.79 Å². The fourth-order valence-electron chi connectivity index (χ4n) is 1.76. The van der Waals surface area contributed by atoms with Crippen LogP contribution in [0.1, 0.15) is 22.3 Å². The molecule has 0 heterocycles. The van der Waals surface area contributed by atoms with Crippen molar-refractivity contribution in [2.45, 2.75) is 13.0 Å². The molecule has 0 radical (unpaired) electrons. The maximum atomic E-state index is 11.3. The molecule has 0 aromatic heterocycles. The van der Waals surface area contributed by atoms with Crippen molar-refractivity contribution >= 4 is 5.91 Å². The van der Waals surface area contributed by atoms with E-state index in [-0.39, 0.29) is 5.91 Å². The molecule has 1 aromatic carbocycles. The van der Waals surface area contributed by atoms with Crippen molar-refractivity contribution in [1.82, 2.24) is 15.6 Å². The molecule has 0 aliphatic heterocycles. The summed E-state index contributed by atoms with van der Waals surface area (Å²) < 4.78 is 0. The first kappa shape index (κ1) is 14.6. The van der Waals surface area contributed by atoms with Gasteiger partial charge in [-0.05, 0) is 51.3 Å². The molecule has 0 spiro atoms. The summed E-state index contributed by atoms with van der Waals surface area (Å²) in [5.41, 5.74) is 3.89. The van der Waals surface area contributed by atoms with Crippen LogP contribution in [0.25, 0.3) is 0 Å². The van der Waals surface area contributed by atoms with Gasteiger partial charge in [0.1, 0.15) is 0 Å². The highest BCUT2D eigenvalue weighted by molar-refractivity contribution is 5.93. The van der Waals surface area contributed by atoms with Crippen LogP contribution in [0, 0.1) is 0 Å². The molecule has 0 saturated carbocycles. The number of hydrogen-bond donors (Lipinski definition) is 3. The van der Waals surface area contributed by atoms with Crippen LogP contribution in [0.4, 0.5) is 0 Å². The van der Waals surface area contributed by atoms with E-state index in [1.807, 2.05) is 19.2 Å². The number of nitrogen functional groups attached to an aromatic ring is 1. The molecular weight excluding hydrogens is 228 g/mol. The van der Waals surface area contributed by atoms with Crippen LogP contribution in [0.3, 0.4) is 0 Å². The maximum Gasteiger partial charge on any atom is 0.265 e. The van der Waals surface area contributed by atoms with E-state index < -0.39 is 0 Å². The number of hydrogen-bond acceptors (Lipinski definition) is 4. The van der Waals surface area contributed by atoms with Gasteiger partial charge in [-0.3, -0.25) is 10.2 Å². The Morgan fingerprint density at radius 3 is 2.56 bits per heavy atom. The van der Waals surface area contributed by atoms with Gasteiger partial charge in [-0.2, -0.15) is 0 Å². The summed E-state index contributed by atoms with van der Waals surface area (Å²) in [7, 11) is 4.05. The zero-order chi connectivity index (χ0) is 13.4. The van der Waals surface area contributed by atoms with E-state index in [4.69, 9.17) is 5.84 Å². The van der Waals surface area contributed by atoms with Crippen LogP contribution in [0.5, 0.6) is 0 Å². The van der Waals surface area contributed by atoms with Crippen molar-refractivity contribution in [3.05, 3.63) is 35.4 Å². The van der Waals surface area contributed by atoms with E-state index in [1.54, 1.807) is 12.1 Å². The Bertz CT molecular complexity index is 364. The van der Waals surface area contributed by atoms with Crippen LogP contribution >= 0.6 is 0 Å². The fourth-order valence-corrected chi connectivity index (χ4v) is 1.76. The zero-order valence-corrected chi connectivity index (χ0v) is 11.1.